The lowest BCUT2D eigenvalue weighted by Gasteiger charge is -2.27. The Labute approximate surface area is 95.7 Å². The molecule has 1 aromatic rings. The lowest BCUT2D eigenvalue weighted by atomic mass is 9.84. The highest BCUT2D eigenvalue weighted by Gasteiger charge is 2.20. The predicted molar refractivity (Wildman–Crippen MR) is 62.1 cm³/mol. The molecule has 0 amide bonds. The monoisotopic (exact) mass is 227 g/mol. The minimum atomic E-state index is -0.540. The van der Waals surface area contributed by atoms with Gasteiger partial charge in [-0.2, -0.15) is 0 Å². The van der Waals surface area contributed by atoms with Crippen molar-refractivity contribution in [2.45, 2.75) is 39.7 Å². The first-order chi connectivity index (χ1) is 7.30. The van der Waals surface area contributed by atoms with E-state index in [9.17, 15) is 8.78 Å². The molecule has 1 unspecified atom stereocenters. The molecule has 1 atom stereocenters. The van der Waals surface area contributed by atoms with Crippen LogP contribution in [0.4, 0.5) is 8.78 Å². The van der Waals surface area contributed by atoms with Crippen molar-refractivity contribution in [1.29, 1.82) is 0 Å². The number of hydrogen-bond donors (Lipinski definition) is 1. The fourth-order valence-electron chi connectivity index (χ4n) is 1.47. The van der Waals surface area contributed by atoms with E-state index in [0.717, 1.165) is 6.07 Å². The van der Waals surface area contributed by atoms with Crippen molar-refractivity contribution in [2.75, 3.05) is 0 Å². The van der Waals surface area contributed by atoms with Crippen molar-refractivity contribution in [3.05, 3.63) is 35.4 Å². The van der Waals surface area contributed by atoms with Crippen LogP contribution in [-0.4, -0.2) is 6.04 Å². The normalized spacial score (nSPS) is 13.9. The van der Waals surface area contributed by atoms with Crippen molar-refractivity contribution in [2.24, 2.45) is 11.1 Å². The highest BCUT2D eigenvalue weighted by Crippen LogP contribution is 2.22. The molecule has 90 valence electrons. The van der Waals surface area contributed by atoms with Crippen LogP contribution in [0.15, 0.2) is 18.2 Å². The van der Waals surface area contributed by atoms with E-state index in [2.05, 4.69) is 20.8 Å². The van der Waals surface area contributed by atoms with Crippen LogP contribution in [0, 0.1) is 17.0 Å². The van der Waals surface area contributed by atoms with E-state index < -0.39 is 11.6 Å². The average molecular weight is 227 g/mol. The number of aryl methyl sites for hydroxylation is 1. The topological polar surface area (TPSA) is 26.0 Å². The molecule has 0 fully saturated rings. The second-order valence-corrected chi connectivity index (χ2v) is 5.25. The van der Waals surface area contributed by atoms with Crippen LogP contribution in [0.1, 0.15) is 32.8 Å². The number of nitrogens with two attached hydrogens (primary N) is 1. The molecule has 0 saturated carbocycles. The molecule has 0 spiro atoms. The van der Waals surface area contributed by atoms with Crippen molar-refractivity contribution in [3.8, 4) is 0 Å². The zero-order chi connectivity index (χ0) is 12.3. The van der Waals surface area contributed by atoms with Gasteiger partial charge in [-0.05, 0) is 29.9 Å². The van der Waals surface area contributed by atoms with Gasteiger partial charge in [0.2, 0.25) is 0 Å². The summed E-state index contributed by atoms with van der Waals surface area (Å²) in [7, 11) is 0. The summed E-state index contributed by atoms with van der Waals surface area (Å²) in [5.41, 5.74) is 6.52. The molecule has 0 aliphatic heterocycles. The smallest absolute Gasteiger partial charge is 0.129 e. The number of rotatable bonds is 3. The summed E-state index contributed by atoms with van der Waals surface area (Å²) >= 11 is 0. The molecule has 16 heavy (non-hydrogen) atoms. The molecular formula is C13H19F2N. The van der Waals surface area contributed by atoms with Gasteiger partial charge in [0, 0.05) is 12.1 Å². The van der Waals surface area contributed by atoms with E-state index in [-0.39, 0.29) is 11.5 Å². The van der Waals surface area contributed by atoms with Crippen molar-refractivity contribution >= 4 is 0 Å². The molecule has 1 rings (SSSR count). The van der Waals surface area contributed by atoms with Gasteiger partial charge in [0.05, 0.1) is 0 Å². The maximum Gasteiger partial charge on any atom is 0.129 e. The quantitative estimate of drug-likeness (QED) is 0.842. The SMILES string of the molecule is CC(C)(C)C(N)CCc1ccc(F)cc1F. The van der Waals surface area contributed by atoms with Gasteiger partial charge in [0.25, 0.3) is 0 Å². The molecule has 0 aliphatic rings. The number of benzene rings is 1. The molecule has 0 saturated heterocycles. The maximum atomic E-state index is 13.3. The first-order valence-corrected chi connectivity index (χ1v) is 5.50. The standard InChI is InChI=1S/C13H19F2N/c1-13(2,3)12(16)7-5-9-4-6-10(14)8-11(9)15/h4,6,8,12H,5,7,16H2,1-3H3. The third-order valence-electron chi connectivity index (χ3n) is 2.85. The molecule has 0 heterocycles. The van der Waals surface area contributed by atoms with Crippen LogP contribution in [0.2, 0.25) is 0 Å². The van der Waals surface area contributed by atoms with Gasteiger partial charge in [-0.3, -0.25) is 0 Å². The summed E-state index contributed by atoms with van der Waals surface area (Å²) < 4.78 is 26.0. The molecule has 1 nitrogen and oxygen atoms in total. The first kappa shape index (κ1) is 13.1. The number of hydrogen-bond acceptors (Lipinski definition) is 1. The third-order valence-corrected chi connectivity index (χ3v) is 2.85. The maximum absolute atomic E-state index is 13.3. The largest absolute Gasteiger partial charge is 0.327 e. The highest BCUT2D eigenvalue weighted by molar-refractivity contribution is 5.18. The minimum absolute atomic E-state index is 0.0104. The summed E-state index contributed by atoms with van der Waals surface area (Å²) in [6.07, 6.45) is 1.25. The zero-order valence-corrected chi connectivity index (χ0v) is 10.1. The first-order valence-electron chi connectivity index (χ1n) is 5.50. The van der Waals surface area contributed by atoms with Gasteiger partial charge in [-0.15, -0.1) is 0 Å². The summed E-state index contributed by atoms with van der Waals surface area (Å²) in [4.78, 5) is 0. The Bertz CT molecular complexity index is 355. The van der Waals surface area contributed by atoms with E-state index in [0.29, 0.717) is 18.4 Å². The minimum Gasteiger partial charge on any atom is -0.327 e. The molecule has 1 aromatic carbocycles. The van der Waals surface area contributed by atoms with E-state index in [1.54, 1.807) is 0 Å². The Morgan fingerprint density at radius 1 is 1.25 bits per heavy atom. The molecule has 0 radical (unpaired) electrons. The summed E-state index contributed by atoms with van der Waals surface area (Å²) in [5.74, 6) is -1.03. The highest BCUT2D eigenvalue weighted by atomic mass is 19.1. The second kappa shape index (κ2) is 4.91. The lowest BCUT2D eigenvalue weighted by molar-refractivity contribution is 0.305. The van der Waals surface area contributed by atoms with Crippen molar-refractivity contribution < 1.29 is 8.78 Å². The van der Waals surface area contributed by atoms with Crippen LogP contribution in [0.5, 0.6) is 0 Å². The fraction of sp³-hybridized carbons (Fsp3) is 0.538. The summed E-state index contributed by atoms with van der Waals surface area (Å²) in [6.45, 7) is 6.16. The van der Waals surface area contributed by atoms with Gasteiger partial charge in [0.15, 0.2) is 0 Å². The Balaban J connectivity index is 2.62. The summed E-state index contributed by atoms with van der Waals surface area (Å²) in [6, 6.07) is 3.69. The third kappa shape index (κ3) is 3.56. The van der Waals surface area contributed by atoms with Gasteiger partial charge >= 0.3 is 0 Å². The Morgan fingerprint density at radius 3 is 2.38 bits per heavy atom. The summed E-state index contributed by atoms with van der Waals surface area (Å²) in [5, 5.41) is 0. The Hall–Kier alpha value is -0.960. The fourth-order valence-corrected chi connectivity index (χ4v) is 1.47. The Morgan fingerprint density at radius 2 is 1.88 bits per heavy atom. The van der Waals surface area contributed by atoms with Gasteiger partial charge in [0.1, 0.15) is 11.6 Å². The van der Waals surface area contributed by atoms with Crippen molar-refractivity contribution in [1.82, 2.24) is 0 Å². The van der Waals surface area contributed by atoms with Crippen LogP contribution in [-0.2, 0) is 6.42 Å². The van der Waals surface area contributed by atoms with E-state index in [1.807, 2.05) is 0 Å². The van der Waals surface area contributed by atoms with Gasteiger partial charge in [-0.1, -0.05) is 26.8 Å². The average Bonchev–Trinajstić information content (AvgIpc) is 2.14. The molecule has 2 N–H and O–H groups in total. The molecule has 0 bridgehead atoms. The van der Waals surface area contributed by atoms with E-state index in [1.165, 1.54) is 12.1 Å². The van der Waals surface area contributed by atoms with Gasteiger partial charge < -0.3 is 5.73 Å². The van der Waals surface area contributed by atoms with Crippen LogP contribution < -0.4 is 5.73 Å². The van der Waals surface area contributed by atoms with Crippen LogP contribution in [0.3, 0.4) is 0 Å². The second-order valence-electron chi connectivity index (χ2n) is 5.25. The molecule has 3 heteroatoms. The molecule has 0 aliphatic carbocycles. The van der Waals surface area contributed by atoms with E-state index >= 15 is 0 Å². The van der Waals surface area contributed by atoms with Crippen LogP contribution >= 0.6 is 0 Å². The van der Waals surface area contributed by atoms with Crippen molar-refractivity contribution in [3.63, 3.8) is 0 Å². The predicted octanol–water partition coefficient (Wildman–Crippen LogP) is 3.27. The van der Waals surface area contributed by atoms with Gasteiger partial charge in [-0.25, -0.2) is 8.78 Å². The molecular weight excluding hydrogens is 208 g/mol. The molecule has 0 aromatic heterocycles. The van der Waals surface area contributed by atoms with E-state index in [4.69, 9.17) is 5.73 Å². The zero-order valence-electron chi connectivity index (χ0n) is 10.1. The lowest BCUT2D eigenvalue weighted by Crippen LogP contribution is -2.35. The van der Waals surface area contributed by atoms with Crippen LogP contribution in [0.25, 0.3) is 0 Å². The Kier molecular flexibility index (Phi) is 4.03. The number of halogens is 2.